The molecule has 0 saturated carbocycles. The van der Waals surface area contributed by atoms with Gasteiger partial charge in [0.25, 0.3) is 11.8 Å². The van der Waals surface area contributed by atoms with E-state index in [0.717, 1.165) is 23.2 Å². The van der Waals surface area contributed by atoms with Gasteiger partial charge in [0.2, 0.25) is 5.78 Å². The summed E-state index contributed by atoms with van der Waals surface area (Å²) in [5, 5.41) is 2.58. The Balaban J connectivity index is 1.74. The first-order valence-corrected chi connectivity index (χ1v) is 9.68. The number of rotatable bonds is 3. The summed E-state index contributed by atoms with van der Waals surface area (Å²) in [6, 6.07) is 6.18. The average molecular weight is 443 g/mol. The number of Topliss-reactive ketones (excluding diaryl/α,β-unsaturated/α-hetero) is 1. The molecule has 2 aromatic rings. The third-order valence-corrected chi connectivity index (χ3v) is 5.60. The summed E-state index contributed by atoms with van der Waals surface area (Å²) in [6.07, 6.45) is 0.709. The number of nitrogens with zero attached hydrogens (tertiary/aromatic N) is 3. The van der Waals surface area contributed by atoms with E-state index in [9.17, 15) is 18.8 Å². The van der Waals surface area contributed by atoms with Gasteiger partial charge in [-0.25, -0.2) is 18.8 Å². The van der Waals surface area contributed by atoms with E-state index in [-0.39, 0.29) is 42.5 Å². The summed E-state index contributed by atoms with van der Waals surface area (Å²) in [5.41, 5.74) is 4.84. The van der Waals surface area contributed by atoms with Crippen molar-refractivity contribution in [3.63, 3.8) is 0 Å². The van der Waals surface area contributed by atoms with Crippen LogP contribution in [0.2, 0.25) is 0 Å². The molecule has 166 valence electrons. The third kappa shape index (κ3) is 3.71. The number of benzene rings is 1. The van der Waals surface area contributed by atoms with Gasteiger partial charge in [0.1, 0.15) is 22.9 Å². The number of likely N-dealkylation sites (N-methyl/N-ethyl adjacent to an activating group) is 1. The molecule has 2 amide bonds. The summed E-state index contributed by atoms with van der Waals surface area (Å²) in [4.78, 5) is 46.1. The van der Waals surface area contributed by atoms with Crippen LogP contribution >= 0.6 is 0 Å². The van der Waals surface area contributed by atoms with Crippen LogP contribution in [0.25, 0.3) is 0 Å². The number of fused-ring (bicyclic) bond motifs is 1. The topological polar surface area (TPSA) is 127 Å². The number of aliphatic imine (C=N–C) groups is 1. The van der Waals surface area contributed by atoms with Gasteiger partial charge in [-0.1, -0.05) is 0 Å². The van der Waals surface area contributed by atoms with Crippen LogP contribution in [-0.2, 0) is 19.9 Å². The van der Waals surface area contributed by atoms with Crippen molar-refractivity contribution in [3.05, 3.63) is 59.4 Å². The van der Waals surface area contributed by atoms with Crippen molar-refractivity contribution in [2.24, 2.45) is 16.6 Å². The van der Waals surface area contributed by atoms with Crippen molar-refractivity contribution in [2.75, 3.05) is 25.6 Å². The molecule has 0 aliphatic carbocycles. The van der Waals surface area contributed by atoms with Gasteiger partial charge in [0.15, 0.2) is 5.96 Å². The van der Waals surface area contributed by atoms with Crippen LogP contribution in [0.1, 0.15) is 22.5 Å². The minimum atomic E-state index is -1.37. The molecule has 2 atom stereocenters. The lowest BCUT2D eigenvalue weighted by molar-refractivity contribution is -0.142. The molecular weight excluding hydrogens is 424 g/mol. The van der Waals surface area contributed by atoms with E-state index in [1.165, 1.54) is 25.2 Å². The standard InChI is InChI=1S/C21H19F2N5O4/c1-28-19(31)17(29)6-11-9-32-10-21(11,27-20(28)24)14-7-13(3-4-15(14)23)26-18(30)16-5-2-12(22)8-25-16/h2-5,7-8,11H,6,9-10H2,1H3,(H2,24,27)(H,26,30)/t11-,21?/m1/s1. The van der Waals surface area contributed by atoms with E-state index < -0.39 is 40.7 Å². The van der Waals surface area contributed by atoms with Gasteiger partial charge in [0, 0.05) is 30.6 Å². The highest BCUT2D eigenvalue weighted by atomic mass is 19.1. The van der Waals surface area contributed by atoms with E-state index in [1.54, 1.807) is 0 Å². The Morgan fingerprint density at radius 1 is 1.28 bits per heavy atom. The van der Waals surface area contributed by atoms with Gasteiger partial charge < -0.3 is 15.8 Å². The Kier molecular flexibility index (Phi) is 5.43. The largest absolute Gasteiger partial charge is 0.378 e. The van der Waals surface area contributed by atoms with Gasteiger partial charge in [-0.15, -0.1) is 0 Å². The molecule has 0 spiro atoms. The second-order valence-corrected chi connectivity index (χ2v) is 7.61. The summed E-state index contributed by atoms with van der Waals surface area (Å²) >= 11 is 0. The quantitative estimate of drug-likeness (QED) is 0.687. The molecule has 1 unspecified atom stereocenters. The lowest BCUT2D eigenvalue weighted by Gasteiger charge is -2.34. The molecule has 3 heterocycles. The van der Waals surface area contributed by atoms with Gasteiger partial charge in [-0.2, -0.15) is 0 Å². The molecule has 1 aromatic carbocycles. The molecule has 0 radical (unpaired) electrons. The molecule has 11 heteroatoms. The number of carbonyl (C=O) groups excluding carboxylic acids is 3. The Hall–Kier alpha value is -3.73. The summed E-state index contributed by atoms with van der Waals surface area (Å²) in [5.74, 6) is -4.22. The highest BCUT2D eigenvalue weighted by Gasteiger charge is 2.50. The van der Waals surface area contributed by atoms with Gasteiger partial charge in [0.05, 0.1) is 19.4 Å². The van der Waals surface area contributed by atoms with Crippen LogP contribution in [0.15, 0.2) is 41.5 Å². The predicted molar refractivity (Wildman–Crippen MR) is 109 cm³/mol. The maximum Gasteiger partial charge on any atom is 0.296 e. The van der Waals surface area contributed by atoms with Crippen molar-refractivity contribution in [1.82, 2.24) is 9.88 Å². The molecular formula is C21H19F2N5O4. The van der Waals surface area contributed by atoms with Gasteiger partial charge >= 0.3 is 0 Å². The number of hydrogen-bond donors (Lipinski definition) is 2. The zero-order valence-corrected chi connectivity index (χ0v) is 17.0. The lowest BCUT2D eigenvalue weighted by Crippen LogP contribution is -2.49. The second-order valence-electron chi connectivity index (χ2n) is 7.61. The fourth-order valence-electron chi connectivity index (χ4n) is 3.84. The average Bonchev–Trinajstić information content (AvgIpc) is 3.16. The Morgan fingerprint density at radius 2 is 2.06 bits per heavy atom. The van der Waals surface area contributed by atoms with Crippen LogP contribution in [0.4, 0.5) is 14.5 Å². The fourth-order valence-corrected chi connectivity index (χ4v) is 3.84. The highest BCUT2D eigenvalue weighted by Crippen LogP contribution is 2.44. The molecule has 3 N–H and O–H groups in total. The maximum atomic E-state index is 15.0. The Morgan fingerprint density at radius 3 is 2.78 bits per heavy atom. The van der Waals surface area contributed by atoms with Crippen molar-refractivity contribution in [2.45, 2.75) is 12.0 Å². The zero-order valence-electron chi connectivity index (χ0n) is 17.0. The first kappa shape index (κ1) is 21.5. The number of ether oxygens (including phenoxy) is 1. The van der Waals surface area contributed by atoms with Crippen LogP contribution in [-0.4, -0.2) is 53.7 Å². The van der Waals surface area contributed by atoms with Crippen molar-refractivity contribution in [1.29, 1.82) is 0 Å². The fraction of sp³-hybridized carbons (Fsp3) is 0.286. The molecule has 4 rings (SSSR count). The number of guanidine groups is 1. The number of hydrogen-bond acceptors (Lipinski definition) is 7. The smallest absolute Gasteiger partial charge is 0.296 e. The van der Waals surface area contributed by atoms with Crippen LogP contribution in [0, 0.1) is 17.6 Å². The van der Waals surface area contributed by atoms with E-state index in [0.29, 0.717) is 0 Å². The van der Waals surface area contributed by atoms with Crippen LogP contribution in [0.3, 0.4) is 0 Å². The van der Waals surface area contributed by atoms with Crippen molar-refractivity contribution < 1.29 is 27.9 Å². The molecule has 1 fully saturated rings. The van der Waals surface area contributed by atoms with Crippen molar-refractivity contribution in [3.8, 4) is 0 Å². The first-order chi connectivity index (χ1) is 15.2. The summed E-state index contributed by atoms with van der Waals surface area (Å²) < 4.78 is 33.6. The van der Waals surface area contributed by atoms with Gasteiger partial charge in [-0.05, 0) is 30.3 Å². The number of aromatic nitrogens is 1. The van der Waals surface area contributed by atoms with Crippen LogP contribution in [0.5, 0.6) is 0 Å². The number of anilines is 1. The highest BCUT2D eigenvalue weighted by molar-refractivity contribution is 6.38. The number of nitrogens with two attached hydrogens (primary N) is 1. The van der Waals surface area contributed by atoms with Gasteiger partial charge in [-0.3, -0.25) is 19.3 Å². The van der Waals surface area contributed by atoms with E-state index in [4.69, 9.17) is 10.5 Å². The zero-order chi connectivity index (χ0) is 23.0. The monoisotopic (exact) mass is 443 g/mol. The third-order valence-electron chi connectivity index (χ3n) is 5.60. The maximum absolute atomic E-state index is 15.0. The molecule has 9 nitrogen and oxygen atoms in total. The summed E-state index contributed by atoms with van der Waals surface area (Å²) in [7, 11) is 1.31. The number of ketones is 1. The second kappa shape index (κ2) is 8.08. The SMILES string of the molecule is CN1C(=O)C(=O)C[C@@H]2COCC2(c2cc(NC(=O)c3ccc(F)cn3)ccc2F)N=C1N. The summed E-state index contributed by atoms with van der Waals surface area (Å²) in [6.45, 7) is 0.0105. The van der Waals surface area contributed by atoms with Crippen LogP contribution < -0.4 is 11.1 Å². The van der Waals surface area contributed by atoms with E-state index >= 15 is 4.39 Å². The minimum absolute atomic E-state index is 0.0310. The minimum Gasteiger partial charge on any atom is -0.378 e. The molecule has 0 bridgehead atoms. The normalized spacial score (nSPS) is 23.3. The number of nitrogens with one attached hydrogen (secondary N) is 1. The molecule has 32 heavy (non-hydrogen) atoms. The van der Waals surface area contributed by atoms with Crippen molar-refractivity contribution >= 4 is 29.2 Å². The van der Waals surface area contributed by atoms with E-state index in [1.807, 2.05) is 0 Å². The number of amides is 2. The molecule has 2 aliphatic rings. The van der Waals surface area contributed by atoms with E-state index in [2.05, 4.69) is 15.3 Å². The molecule has 1 saturated heterocycles. The lowest BCUT2D eigenvalue weighted by atomic mass is 9.77. The predicted octanol–water partition coefficient (Wildman–Crippen LogP) is 1.20. The Labute approximate surface area is 181 Å². The molecule has 1 aromatic heterocycles. The number of carbonyl (C=O) groups is 3. The number of halogens is 2. The number of pyridine rings is 1. The Bertz CT molecular complexity index is 1140. The first-order valence-electron chi connectivity index (χ1n) is 9.68. The molecule has 2 aliphatic heterocycles.